The number of amides is 3. The van der Waals surface area contributed by atoms with Crippen LogP contribution in [0.3, 0.4) is 0 Å². The minimum atomic E-state index is -0.507. The molecule has 0 aromatic heterocycles. The molecule has 1 rings (SSSR count). The van der Waals surface area contributed by atoms with Crippen LogP contribution in [0.15, 0.2) is 0 Å². The van der Waals surface area contributed by atoms with Crippen molar-refractivity contribution >= 4 is 17.7 Å². The Hall–Kier alpha value is -1.71. The number of likely N-dealkylation sites (tertiary alicyclic amines) is 1. The SMILES string of the molecule is CC[C@H](C)[C@@H]([C@@H](CC(=O)N1CCC[C@H]1[C@H](OC)[C@@H](C)C(N)=O)OC)N(C)C(=O)[C@@H](NC)C(C)C. The first-order valence-electron chi connectivity index (χ1n) is 12.5. The Bertz CT molecular complexity index is 674. The van der Waals surface area contributed by atoms with Gasteiger partial charge in [0.05, 0.1) is 42.7 Å². The third-order valence-corrected chi connectivity index (χ3v) is 7.54. The van der Waals surface area contributed by atoms with Gasteiger partial charge in [-0.05, 0) is 31.7 Å². The lowest BCUT2D eigenvalue weighted by Crippen LogP contribution is -2.56. The van der Waals surface area contributed by atoms with Gasteiger partial charge >= 0.3 is 0 Å². The van der Waals surface area contributed by atoms with E-state index in [1.165, 1.54) is 0 Å². The van der Waals surface area contributed by atoms with E-state index in [0.717, 1.165) is 19.3 Å². The highest BCUT2D eigenvalue weighted by atomic mass is 16.5. The first-order chi connectivity index (χ1) is 16.0. The Labute approximate surface area is 206 Å². The molecule has 0 spiro atoms. The number of carbonyl (C=O) groups is 3. The molecule has 1 fully saturated rings. The molecule has 7 atom stereocenters. The van der Waals surface area contributed by atoms with Gasteiger partial charge in [0.1, 0.15) is 0 Å². The molecule has 1 saturated heterocycles. The van der Waals surface area contributed by atoms with E-state index in [2.05, 4.69) is 19.2 Å². The molecule has 1 aliphatic rings. The summed E-state index contributed by atoms with van der Waals surface area (Å²) in [5.41, 5.74) is 5.53. The van der Waals surface area contributed by atoms with Crippen LogP contribution < -0.4 is 11.1 Å². The number of hydrogen-bond donors (Lipinski definition) is 2. The minimum Gasteiger partial charge on any atom is -0.379 e. The first-order valence-corrected chi connectivity index (χ1v) is 12.5. The number of methoxy groups -OCH3 is 2. The van der Waals surface area contributed by atoms with Crippen LogP contribution in [0.1, 0.15) is 60.3 Å². The molecule has 0 aromatic rings. The fraction of sp³-hybridized carbons (Fsp3) is 0.880. The van der Waals surface area contributed by atoms with Crippen LogP contribution in [-0.4, -0.2) is 92.7 Å². The van der Waals surface area contributed by atoms with E-state index in [1.54, 1.807) is 45.0 Å². The standard InChI is InChI=1S/C25H48N4O5/c1-10-16(4)22(28(7)25(32)21(27-6)15(2)3)19(33-8)14-20(30)29-13-11-12-18(29)23(34-9)17(5)24(26)31/h15-19,21-23,27H,10-14H2,1-9H3,(H2,26,31)/t16-,17+,18-,19+,21-,22-,23+/m0/s1. The maximum Gasteiger partial charge on any atom is 0.240 e. The van der Waals surface area contributed by atoms with Crippen LogP contribution >= 0.6 is 0 Å². The largest absolute Gasteiger partial charge is 0.379 e. The average Bonchev–Trinajstić information content (AvgIpc) is 3.28. The zero-order valence-corrected chi connectivity index (χ0v) is 22.7. The van der Waals surface area contributed by atoms with E-state index in [9.17, 15) is 14.4 Å². The van der Waals surface area contributed by atoms with Gasteiger partial charge in [-0.25, -0.2) is 0 Å². The molecule has 9 heteroatoms. The minimum absolute atomic E-state index is 0.00826. The zero-order valence-electron chi connectivity index (χ0n) is 22.7. The van der Waals surface area contributed by atoms with Gasteiger partial charge in [-0.3, -0.25) is 14.4 Å². The van der Waals surface area contributed by atoms with Crippen molar-refractivity contribution in [1.82, 2.24) is 15.1 Å². The lowest BCUT2D eigenvalue weighted by atomic mass is 9.89. The summed E-state index contributed by atoms with van der Waals surface area (Å²) >= 11 is 0. The van der Waals surface area contributed by atoms with Crippen LogP contribution in [0.5, 0.6) is 0 Å². The third kappa shape index (κ3) is 7.15. The van der Waals surface area contributed by atoms with Crippen LogP contribution in [0.25, 0.3) is 0 Å². The highest BCUT2D eigenvalue weighted by molar-refractivity contribution is 5.83. The van der Waals surface area contributed by atoms with Crippen molar-refractivity contribution in [2.75, 3.05) is 34.9 Å². The van der Waals surface area contributed by atoms with Crippen molar-refractivity contribution in [3.8, 4) is 0 Å². The van der Waals surface area contributed by atoms with Gasteiger partial charge in [-0.2, -0.15) is 0 Å². The number of nitrogens with one attached hydrogen (secondary N) is 1. The number of nitrogens with two attached hydrogens (primary N) is 1. The lowest BCUT2D eigenvalue weighted by molar-refractivity contribution is -0.146. The Morgan fingerprint density at radius 2 is 1.76 bits per heavy atom. The summed E-state index contributed by atoms with van der Waals surface area (Å²) in [5, 5.41) is 3.12. The molecule has 3 amide bonds. The first kappa shape index (κ1) is 30.3. The molecule has 1 heterocycles. The normalized spacial score (nSPS) is 21.6. The summed E-state index contributed by atoms with van der Waals surface area (Å²) in [6.45, 7) is 10.5. The number of hydrogen-bond acceptors (Lipinski definition) is 6. The van der Waals surface area contributed by atoms with Crippen molar-refractivity contribution in [3.63, 3.8) is 0 Å². The number of rotatable bonds is 14. The molecule has 34 heavy (non-hydrogen) atoms. The molecule has 198 valence electrons. The van der Waals surface area contributed by atoms with Gasteiger partial charge in [-0.15, -0.1) is 0 Å². The van der Waals surface area contributed by atoms with E-state index in [1.807, 2.05) is 13.8 Å². The van der Waals surface area contributed by atoms with Gasteiger partial charge in [0, 0.05) is 27.8 Å². The molecule has 3 N–H and O–H groups in total. The van der Waals surface area contributed by atoms with Crippen molar-refractivity contribution in [3.05, 3.63) is 0 Å². The van der Waals surface area contributed by atoms with Crippen LogP contribution in [0.4, 0.5) is 0 Å². The molecule has 0 bridgehead atoms. The summed E-state index contributed by atoms with van der Waals surface area (Å²) in [6, 6.07) is -0.788. The molecule has 0 saturated carbocycles. The molecular weight excluding hydrogens is 436 g/mol. The summed E-state index contributed by atoms with van der Waals surface area (Å²) in [7, 11) is 6.74. The van der Waals surface area contributed by atoms with E-state index in [4.69, 9.17) is 15.2 Å². The smallest absolute Gasteiger partial charge is 0.240 e. The second-order valence-electron chi connectivity index (χ2n) is 10.0. The Balaban J connectivity index is 3.14. The van der Waals surface area contributed by atoms with E-state index in [-0.39, 0.29) is 48.2 Å². The molecule has 0 unspecified atom stereocenters. The quantitative estimate of drug-likeness (QED) is 0.387. The van der Waals surface area contributed by atoms with Gasteiger partial charge in [-0.1, -0.05) is 41.0 Å². The number of ether oxygens (including phenoxy) is 2. The number of carbonyl (C=O) groups excluding carboxylic acids is 3. The van der Waals surface area contributed by atoms with Gasteiger partial charge in [0.25, 0.3) is 0 Å². The second kappa shape index (κ2) is 14.0. The van der Waals surface area contributed by atoms with Crippen LogP contribution in [0.2, 0.25) is 0 Å². The van der Waals surface area contributed by atoms with Crippen LogP contribution in [-0.2, 0) is 23.9 Å². The van der Waals surface area contributed by atoms with Crippen molar-refractivity contribution in [1.29, 1.82) is 0 Å². The van der Waals surface area contributed by atoms with Gasteiger partial charge in [0.2, 0.25) is 17.7 Å². The summed E-state index contributed by atoms with van der Waals surface area (Å²) in [6.07, 6.45) is 1.66. The van der Waals surface area contributed by atoms with Crippen LogP contribution in [0, 0.1) is 17.8 Å². The lowest BCUT2D eigenvalue weighted by Gasteiger charge is -2.40. The molecule has 1 aliphatic heterocycles. The maximum absolute atomic E-state index is 13.5. The molecule has 0 radical (unpaired) electrons. The van der Waals surface area contributed by atoms with Crippen molar-refractivity contribution < 1.29 is 23.9 Å². The fourth-order valence-electron chi connectivity index (χ4n) is 5.28. The summed E-state index contributed by atoms with van der Waals surface area (Å²) < 4.78 is 11.5. The molecule has 9 nitrogen and oxygen atoms in total. The third-order valence-electron chi connectivity index (χ3n) is 7.54. The Morgan fingerprint density at radius 3 is 2.21 bits per heavy atom. The molecule has 0 aliphatic carbocycles. The zero-order chi connectivity index (χ0) is 26.2. The van der Waals surface area contributed by atoms with E-state index < -0.39 is 24.0 Å². The highest BCUT2D eigenvalue weighted by Gasteiger charge is 2.42. The molecule has 0 aromatic carbocycles. The maximum atomic E-state index is 13.5. The summed E-state index contributed by atoms with van der Waals surface area (Å²) in [5.74, 6) is -0.756. The molecular formula is C25H48N4O5. The average molecular weight is 485 g/mol. The Kier molecular flexibility index (Phi) is 12.5. The predicted molar refractivity (Wildman–Crippen MR) is 133 cm³/mol. The summed E-state index contributed by atoms with van der Waals surface area (Å²) in [4.78, 5) is 42.2. The second-order valence-corrected chi connectivity index (χ2v) is 10.0. The number of primary amides is 1. The monoisotopic (exact) mass is 484 g/mol. The van der Waals surface area contributed by atoms with E-state index in [0.29, 0.717) is 6.54 Å². The number of likely N-dealkylation sites (N-methyl/N-ethyl adjacent to an activating group) is 2. The predicted octanol–water partition coefficient (Wildman–Crippen LogP) is 1.64. The van der Waals surface area contributed by atoms with Crippen molar-refractivity contribution in [2.45, 2.75) is 90.6 Å². The number of nitrogens with zero attached hydrogens (tertiary/aromatic N) is 2. The highest BCUT2D eigenvalue weighted by Crippen LogP contribution is 2.29. The Morgan fingerprint density at radius 1 is 1.15 bits per heavy atom. The topological polar surface area (TPSA) is 114 Å². The fourth-order valence-corrected chi connectivity index (χ4v) is 5.28. The van der Waals surface area contributed by atoms with Crippen molar-refractivity contribution in [2.24, 2.45) is 23.5 Å². The van der Waals surface area contributed by atoms with Gasteiger partial charge in [0.15, 0.2) is 0 Å². The van der Waals surface area contributed by atoms with E-state index >= 15 is 0 Å². The van der Waals surface area contributed by atoms with Gasteiger partial charge < -0.3 is 30.3 Å².